The number of nitrogens with one attached hydrogen (secondary N) is 1. The molecule has 1 heterocycles. The van der Waals surface area contributed by atoms with Crippen LogP contribution in [-0.2, 0) is 14.8 Å². The molecule has 1 atom stereocenters. The number of carbonyl (C=O) groups is 1. The molecule has 0 bridgehead atoms. The second-order valence-corrected chi connectivity index (χ2v) is 8.56. The molecule has 2 rings (SSSR count). The monoisotopic (exact) mass is 354 g/mol. The van der Waals surface area contributed by atoms with Crippen molar-refractivity contribution in [1.29, 1.82) is 0 Å². The van der Waals surface area contributed by atoms with Crippen molar-refractivity contribution in [2.24, 2.45) is 5.92 Å². The number of hydrogen-bond donors (Lipinski definition) is 2. The molecule has 1 aliphatic rings. The Morgan fingerprint density at radius 3 is 2.83 bits per heavy atom. The Balaban J connectivity index is 2.08. The van der Waals surface area contributed by atoms with Crippen molar-refractivity contribution in [2.45, 2.75) is 37.5 Å². The average molecular weight is 354 g/mol. The van der Waals surface area contributed by atoms with E-state index in [-0.39, 0.29) is 18.4 Å². The van der Waals surface area contributed by atoms with E-state index in [1.165, 1.54) is 4.31 Å². The number of rotatable bonds is 7. The maximum atomic E-state index is 12.9. The van der Waals surface area contributed by atoms with E-state index in [2.05, 4.69) is 5.32 Å². The van der Waals surface area contributed by atoms with E-state index in [0.717, 1.165) is 18.4 Å². The Morgan fingerprint density at radius 1 is 1.42 bits per heavy atom. The van der Waals surface area contributed by atoms with Crippen molar-refractivity contribution < 1.29 is 18.3 Å². The third-order valence-electron chi connectivity index (χ3n) is 4.35. The largest absolute Gasteiger partial charge is 0.480 e. The molecule has 1 aliphatic heterocycles. The molecular weight excluding hydrogens is 328 g/mol. The number of sulfonamides is 1. The molecule has 0 aromatic heterocycles. The smallest absolute Gasteiger partial charge is 0.317 e. The molecule has 1 aromatic carbocycles. The molecule has 134 valence electrons. The first-order valence-electron chi connectivity index (χ1n) is 8.33. The van der Waals surface area contributed by atoms with Crippen LogP contribution in [0.3, 0.4) is 0 Å². The van der Waals surface area contributed by atoms with Crippen molar-refractivity contribution in [1.82, 2.24) is 9.62 Å². The summed E-state index contributed by atoms with van der Waals surface area (Å²) in [6, 6.07) is 7.14. The van der Waals surface area contributed by atoms with Gasteiger partial charge in [-0.25, -0.2) is 8.42 Å². The summed E-state index contributed by atoms with van der Waals surface area (Å²) >= 11 is 0. The van der Waals surface area contributed by atoms with E-state index >= 15 is 0 Å². The molecule has 0 amide bonds. The van der Waals surface area contributed by atoms with Crippen LogP contribution >= 0.6 is 0 Å². The van der Waals surface area contributed by atoms with E-state index < -0.39 is 16.0 Å². The first kappa shape index (κ1) is 18.9. The molecule has 7 heteroatoms. The number of piperidine rings is 1. The molecule has 1 fully saturated rings. The molecule has 24 heavy (non-hydrogen) atoms. The highest BCUT2D eigenvalue weighted by atomic mass is 32.2. The van der Waals surface area contributed by atoms with Crippen molar-refractivity contribution >= 4 is 16.0 Å². The van der Waals surface area contributed by atoms with Crippen molar-refractivity contribution in [2.75, 3.05) is 26.2 Å². The third-order valence-corrected chi connectivity index (χ3v) is 6.21. The van der Waals surface area contributed by atoms with Crippen LogP contribution in [0.1, 0.15) is 38.2 Å². The minimum atomic E-state index is -3.50. The first-order chi connectivity index (χ1) is 11.3. The molecule has 2 N–H and O–H groups in total. The zero-order valence-corrected chi connectivity index (χ0v) is 15.1. The van der Waals surface area contributed by atoms with Gasteiger partial charge in [0.05, 0.1) is 11.4 Å². The van der Waals surface area contributed by atoms with Crippen LogP contribution in [0.2, 0.25) is 0 Å². The number of benzene rings is 1. The van der Waals surface area contributed by atoms with Crippen LogP contribution in [0.5, 0.6) is 0 Å². The lowest BCUT2D eigenvalue weighted by molar-refractivity contribution is -0.136. The molecular formula is C17H26N2O4S. The lowest BCUT2D eigenvalue weighted by atomic mass is 10.00. The van der Waals surface area contributed by atoms with Crippen molar-refractivity contribution in [3.63, 3.8) is 0 Å². The normalized spacial score (nSPS) is 19.5. The predicted molar refractivity (Wildman–Crippen MR) is 92.5 cm³/mol. The maximum absolute atomic E-state index is 12.9. The minimum Gasteiger partial charge on any atom is -0.480 e. The van der Waals surface area contributed by atoms with Gasteiger partial charge in [0, 0.05) is 13.1 Å². The average Bonchev–Trinajstić information content (AvgIpc) is 2.55. The number of aliphatic carboxylic acids is 1. The van der Waals surface area contributed by atoms with Gasteiger partial charge in [0.2, 0.25) is 10.0 Å². The van der Waals surface area contributed by atoms with Crippen LogP contribution in [-0.4, -0.2) is 50.0 Å². The Hall–Kier alpha value is -1.44. The molecule has 1 saturated heterocycles. The summed E-state index contributed by atoms with van der Waals surface area (Å²) in [5, 5.41) is 11.5. The van der Waals surface area contributed by atoms with Gasteiger partial charge >= 0.3 is 5.97 Å². The summed E-state index contributed by atoms with van der Waals surface area (Å²) < 4.78 is 27.3. The maximum Gasteiger partial charge on any atom is 0.317 e. The molecule has 1 unspecified atom stereocenters. The van der Waals surface area contributed by atoms with Gasteiger partial charge in [-0.15, -0.1) is 0 Å². The Morgan fingerprint density at radius 2 is 2.17 bits per heavy atom. The van der Waals surface area contributed by atoms with Gasteiger partial charge < -0.3 is 10.4 Å². The second kappa shape index (κ2) is 8.09. The fraction of sp³-hybridized carbons (Fsp3) is 0.588. The van der Waals surface area contributed by atoms with E-state index in [1.54, 1.807) is 18.2 Å². The quantitative estimate of drug-likeness (QED) is 0.781. The van der Waals surface area contributed by atoms with Crippen LogP contribution in [0.4, 0.5) is 0 Å². The Kier molecular flexibility index (Phi) is 6.37. The lowest BCUT2D eigenvalue weighted by Gasteiger charge is -2.32. The lowest BCUT2D eigenvalue weighted by Crippen LogP contribution is -2.43. The number of carboxylic acids is 1. The first-order valence-corrected chi connectivity index (χ1v) is 9.77. The number of carboxylic acid groups (broad SMARTS) is 1. The van der Waals surface area contributed by atoms with E-state index in [9.17, 15) is 13.2 Å². The number of hydrogen-bond acceptors (Lipinski definition) is 4. The summed E-state index contributed by atoms with van der Waals surface area (Å²) in [6.07, 6.45) is 1.70. The van der Waals surface area contributed by atoms with Crippen LogP contribution in [0, 0.1) is 5.92 Å². The van der Waals surface area contributed by atoms with Gasteiger partial charge in [0.1, 0.15) is 0 Å². The zero-order valence-electron chi connectivity index (χ0n) is 14.2. The summed E-state index contributed by atoms with van der Waals surface area (Å²) in [4.78, 5) is 10.9. The van der Waals surface area contributed by atoms with Gasteiger partial charge in [-0.1, -0.05) is 26.0 Å². The van der Waals surface area contributed by atoms with E-state index in [0.29, 0.717) is 24.5 Å². The fourth-order valence-electron chi connectivity index (χ4n) is 2.98. The summed E-state index contributed by atoms with van der Waals surface area (Å²) in [5.41, 5.74) is 1.01. The van der Waals surface area contributed by atoms with Gasteiger partial charge in [0.25, 0.3) is 0 Å². The van der Waals surface area contributed by atoms with Gasteiger partial charge in [-0.3, -0.25) is 4.79 Å². The Labute approximate surface area is 143 Å². The Bertz CT molecular complexity index is 673. The van der Waals surface area contributed by atoms with Gasteiger partial charge in [-0.2, -0.15) is 4.31 Å². The molecule has 6 nitrogen and oxygen atoms in total. The van der Waals surface area contributed by atoms with Crippen LogP contribution in [0.15, 0.2) is 29.2 Å². The van der Waals surface area contributed by atoms with Gasteiger partial charge in [0.15, 0.2) is 0 Å². The molecule has 0 spiro atoms. The summed E-state index contributed by atoms with van der Waals surface area (Å²) in [7, 11) is -3.50. The topological polar surface area (TPSA) is 86.7 Å². The summed E-state index contributed by atoms with van der Waals surface area (Å²) in [5.74, 6) is -0.489. The highest BCUT2D eigenvalue weighted by Gasteiger charge is 2.30. The SMILES string of the molecule is CC(C)c1cccc(S(=O)(=O)N2CCCC(CNCC(=O)O)C2)c1. The highest BCUT2D eigenvalue weighted by molar-refractivity contribution is 7.89. The van der Waals surface area contributed by atoms with E-state index in [4.69, 9.17) is 5.11 Å². The van der Waals surface area contributed by atoms with E-state index in [1.807, 2.05) is 19.9 Å². The minimum absolute atomic E-state index is 0.0975. The fourth-order valence-corrected chi connectivity index (χ4v) is 4.59. The highest BCUT2D eigenvalue weighted by Crippen LogP contribution is 2.25. The van der Waals surface area contributed by atoms with Crippen LogP contribution in [0.25, 0.3) is 0 Å². The summed E-state index contributed by atoms with van der Waals surface area (Å²) in [6.45, 7) is 5.45. The zero-order chi connectivity index (χ0) is 17.7. The van der Waals surface area contributed by atoms with Crippen molar-refractivity contribution in [3.8, 4) is 0 Å². The number of nitrogens with zero attached hydrogens (tertiary/aromatic N) is 1. The standard InChI is InChI=1S/C17H26N2O4S/c1-13(2)15-6-3-7-16(9-15)24(22,23)19-8-4-5-14(12-19)10-18-11-17(20)21/h3,6-7,9,13-14,18H,4-5,8,10-12H2,1-2H3,(H,20,21). The van der Waals surface area contributed by atoms with Gasteiger partial charge in [-0.05, 0) is 48.9 Å². The molecule has 0 saturated carbocycles. The molecule has 1 aromatic rings. The molecule has 0 aliphatic carbocycles. The second-order valence-electron chi connectivity index (χ2n) is 6.62. The van der Waals surface area contributed by atoms with Crippen molar-refractivity contribution in [3.05, 3.63) is 29.8 Å². The van der Waals surface area contributed by atoms with Crippen LogP contribution < -0.4 is 5.32 Å². The third kappa shape index (κ3) is 4.78. The molecule has 0 radical (unpaired) electrons. The predicted octanol–water partition coefficient (Wildman–Crippen LogP) is 1.88.